The van der Waals surface area contributed by atoms with Crippen molar-refractivity contribution in [1.82, 2.24) is 36.4 Å². The highest BCUT2D eigenvalue weighted by Gasteiger charge is 2.43. The summed E-state index contributed by atoms with van der Waals surface area (Å²) in [5, 5.41) is 48.9. The Hall–Kier alpha value is -6.05. The summed E-state index contributed by atoms with van der Waals surface area (Å²) >= 11 is 1.37. The number of amides is 8. The molecule has 0 aromatic heterocycles. The van der Waals surface area contributed by atoms with Crippen LogP contribution in [0.25, 0.3) is 0 Å². The van der Waals surface area contributed by atoms with Gasteiger partial charge in [0.2, 0.25) is 47.3 Å². The molecule has 0 radical (unpaired) electrons. The summed E-state index contributed by atoms with van der Waals surface area (Å²) in [5.74, 6) is -14.2. The predicted octanol–water partition coefficient (Wildman–Crippen LogP) is -4.49. The largest absolute Gasteiger partial charge is 0.481 e. The van der Waals surface area contributed by atoms with E-state index >= 15 is 0 Å². The number of nitrogens with one attached hydrogen (secondary N) is 5. The number of nitrogens with zero attached hydrogens (tertiary/aromatic N) is 2. The Morgan fingerprint density at radius 3 is 1.55 bits per heavy atom. The minimum atomic E-state index is -1.90. The van der Waals surface area contributed by atoms with E-state index in [-0.39, 0.29) is 38.8 Å². The number of carboxylic acids is 4. The maximum atomic E-state index is 13.9. The summed E-state index contributed by atoms with van der Waals surface area (Å²) in [6, 6.07) is -12.1. The number of thioether (sulfide) groups is 1. The lowest BCUT2D eigenvalue weighted by Crippen LogP contribution is -2.61. The van der Waals surface area contributed by atoms with E-state index in [2.05, 4.69) is 21.3 Å². The van der Waals surface area contributed by atoms with Crippen LogP contribution in [0.3, 0.4) is 0 Å². The van der Waals surface area contributed by atoms with Gasteiger partial charge in [-0.1, -0.05) is 13.8 Å². The minimum absolute atomic E-state index is 0.0512. The third-order valence-electron chi connectivity index (χ3n) is 9.91. The molecular weight excluding hydrogens is 847 g/mol. The number of nitrogens with two attached hydrogens (primary N) is 2. The minimum Gasteiger partial charge on any atom is -0.481 e. The molecule has 62 heavy (non-hydrogen) atoms. The van der Waals surface area contributed by atoms with Crippen molar-refractivity contribution in [2.45, 2.75) is 120 Å². The second kappa shape index (κ2) is 24.4. The van der Waals surface area contributed by atoms with Crippen molar-refractivity contribution in [3.05, 3.63) is 0 Å². The Bertz CT molecular complexity index is 1750. The molecule has 0 aromatic carbocycles. The van der Waals surface area contributed by atoms with Crippen LogP contribution in [0.2, 0.25) is 0 Å². The average molecular weight is 902 g/mol. The Kier molecular flexibility index (Phi) is 20.5. The van der Waals surface area contributed by atoms with E-state index in [4.69, 9.17) is 16.6 Å². The van der Waals surface area contributed by atoms with E-state index in [1.807, 2.05) is 5.32 Å². The van der Waals surface area contributed by atoms with E-state index in [9.17, 15) is 72.9 Å². The molecule has 0 aromatic rings. The number of likely N-dealkylation sites (tertiary alicyclic amines) is 2. The second-order valence-corrected chi connectivity index (χ2v) is 16.0. The molecule has 0 saturated carbocycles. The highest BCUT2D eigenvalue weighted by Crippen LogP contribution is 2.22. The molecule has 8 amide bonds. The van der Waals surface area contributed by atoms with Gasteiger partial charge in [-0.15, -0.1) is 0 Å². The van der Waals surface area contributed by atoms with Crippen LogP contribution < -0.4 is 38.1 Å². The van der Waals surface area contributed by atoms with Gasteiger partial charge in [0.15, 0.2) is 0 Å². The zero-order chi connectivity index (χ0) is 47.0. The molecule has 13 N–H and O–H groups in total. The molecule has 0 aliphatic carbocycles. The van der Waals surface area contributed by atoms with Crippen molar-refractivity contribution in [2.75, 3.05) is 25.1 Å². The van der Waals surface area contributed by atoms with Gasteiger partial charge in [-0.2, -0.15) is 11.8 Å². The zero-order valence-corrected chi connectivity index (χ0v) is 35.1. The molecule has 2 aliphatic heterocycles. The molecule has 2 saturated heterocycles. The van der Waals surface area contributed by atoms with Gasteiger partial charge in [0, 0.05) is 13.1 Å². The smallest absolute Gasteiger partial charge is 0.326 e. The molecule has 0 unspecified atom stereocenters. The molecule has 2 fully saturated rings. The third kappa shape index (κ3) is 15.8. The average Bonchev–Trinajstić information content (AvgIpc) is 3.87. The first-order valence-corrected chi connectivity index (χ1v) is 20.9. The molecule has 0 spiro atoms. The van der Waals surface area contributed by atoms with Crippen LogP contribution in [0, 0.1) is 5.92 Å². The van der Waals surface area contributed by atoms with Gasteiger partial charge in [0.25, 0.3) is 0 Å². The van der Waals surface area contributed by atoms with Gasteiger partial charge in [-0.05, 0) is 50.0 Å². The fourth-order valence-corrected chi connectivity index (χ4v) is 7.28. The van der Waals surface area contributed by atoms with Crippen LogP contribution in [-0.2, 0) is 57.5 Å². The van der Waals surface area contributed by atoms with Gasteiger partial charge in [-0.25, -0.2) is 4.79 Å². The Balaban J connectivity index is 2.27. The lowest BCUT2D eigenvalue weighted by atomic mass is 10.0. The Labute approximate surface area is 359 Å². The van der Waals surface area contributed by atoms with Crippen molar-refractivity contribution in [3.8, 4) is 0 Å². The predicted molar refractivity (Wildman–Crippen MR) is 213 cm³/mol. The van der Waals surface area contributed by atoms with Crippen LogP contribution in [0.4, 0.5) is 0 Å². The van der Waals surface area contributed by atoms with E-state index in [1.165, 1.54) is 16.7 Å². The molecule has 25 nitrogen and oxygen atoms in total. The maximum absolute atomic E-state index is 13.9. The zero-order valence-electron chi connectivity index (χ0n) is 34.3. The molecule has 26 heteroatoms. The maximum Gasteiger partial charge on any atom is 0.326 e. The van der Waals surface area contributed by atoms with Crippen molar-refractivity contribution < 1.29 is 78.0 Å². The van der Waals surface area contributed by atoms with E-state index in [1.54, 1.807) is 20.1 Å². The number of carbonyl (C=O) groups is 12. The first kappa shape index (κ1) is 52.1. The normalized spacial score (nSPS) is 18.9. The fourth-order valence-electron chi connectivity index (χ4n) is 6.81. The summed E-state index contributed by atoms with van der Waals surface area (Å²) in [4.78, 5) is 154. The van der Waals surface area contributed by atoms with Crippen LogP contribution >= 0.6 is 11.8 Å². The van der Waals surface area contributed by atoms with Gasteiger partial charge in [0.1, 0.15) is 42.3 Å². The van der Waals surface area contributed by atoms with Gasteiger partial charge in [-0.3, -0.25) is 52.7 Å². The summed E-state index contributed by atoms with van der Waals surface area (Å²) in [5.41, 5.74) is 10.7. The number of carboxylic acid groups (broad SMARTS) is 4. The number of hydrogen-bond acceptors (Lipinski definition) is 14. The number of rotatable bonds is 25. The van der Waals surface area contributed by atoms with Crippen LogP contribution in [-0.4, -0.2) is 175 Å². The van der Waals surface area contributed by atoms with E-state index < -0.39 is 151 Å². The summed E-state index contributed by atoms with van der Waals surface area (Å²) in [7, 11) is 0. The molecule has 8 atom stereocenters. The second-order valence-electron chi connectivity index (χ2n) is 15.0. The van der Waals surface area contributed by atoms with Gasteiger partial charge in [0.05, 0.1) is 31.7 Å². The lowest BCUT2D eigenvalue weighted by molar-refractivity contribution is -0.147. The van der Waals surface area contributed by atoms with E-state index in [0.717, 1.165) is 4.90 Å². The summed E-state index contributed by atoms with van der Waals surface area (Å²) in [6.07, 6.45) is -1.05. The van der Waals surface area contributed by atoms with Gasteiger partial charge < -0.3 is 68.3 Å². The Morgan fingerprint density at radius 1 is 0.613 bits per heavy atom. The fraction of sp³-hybridized carbons (Fsp3) is 0.667. The first-order chi connectivity index (χ1) is 29.0. The highest BCUT2D eigenvalue weighted by atomic mass is 32.2. The molecular formula is C36H55N9O16S. The summed E-state index contributed by atoms with van der Waals surface area (Å²) in [6.45, 7) is 3.04. The third-order valence-corrected chi connectivity index (χ3v) is 10.5. The molecule has 0 bridgehead atoms. The molecule has 2 rings (SSSR count). The molecule has 2 heterocycles. The highest BCUT2D eigenvalue weighted by molar-refractivity contribution is 7.98. The van der Waals surface area contributed by atoms with Crippen molar-refractivity contribution in [3.63, 3.8) is 0 Å². The van der Waals surface area contributed by atoms with Crippen LogP contribution in [0.15, 0.2) is 0 Å². The molecule has 346 valence electrons. The van der Waals surface area contributed by atoms with Crippen molar-refractivity contribution >= 4 is 82.9 Å². The number of carbonyl (C=O) groups excluding carboxylic acids is 8. The van der Waals surface area contributed by atoms with Crippen LogP contribution in [0.5, 0.6) is 0 Å². The standard InChI is InChI=1S/C36H55N9O16S/c1-16(2)28(43-32(56)23-7-5-9-44(23)34(58)18(8-11-62-3)39-29(53)17(37)12-25(47)48)33(57)41-20(15-27(51)52)35(59)45-10-4-6-22(45)31(55)40-19(14-26(49)50)30(54)42-21(36(60)61)13-24(38)46/h16-23,28H,4-15,37H2,1-3H3,(H2,38,46)(H,39,53)(H,40,55)(H,41,57)(H,42,54)(H,43,56)(H,47,48)(H,49,50)(H,51,52)(H,60,61)/t17-,18-,19-,20-,21-,22-,23-,28-/m0/s1. The van der Waals surface area contributed by atoms with E-state index in [0.29, 0.717) is 12.2 Å². The lowest BCUT2D eigenvalue weighted by Gasteiger charge is -2.32. The number of hydrogen-bond donors (Lipinski definition) is 11. The number of primary amides is 1. The quantitative estimate of drug-likeness (QED) is 0.0411. The SMILES string of the molecule is CSCC[C@H](NC(=O)[C@@H](N)CC(=O)O)C(=O)N1CCC[C@H]1C(=O)N[C@H](C(=O)N[C@@H](CC(=O)O)C(=O)N1CCC[C@H]1C(=O)N[C@@H](CC(=O)O)C(=O)N[C@@H](CC(N)=O)C(=O)O)C(C)C. The van der Waals surface area contributed by atoms with Crippen molar-refractivity contribution in [1.29, 1.82) is 0 Å². The van der Waals surface area contributed by atoms with Crippen molar-refractivity contribution in [2.24, 2.45) is 17.4 Å². The first-order valence-electron chi connectivity index (χ1n) is 19.5. The monoisotopic (exact) mass is 901 g/mol. The number of aliphatic carboxylic acids is 4. The van der Waals surface area contributed by atoms with Gasteiger partial charge >= 0.3 is 23.9 Å². The Morgan fingerprint density at radius 2 is 1.08 bits per heavy atom. The summed E-state index contributed by atoms with van der Waals surface area (Å²) < 4.78 is 0. The van der Waals surface area contributed by atoms with Crippen LogP contribution in [0.1, 0.15) is 71.6 Å². The topological polar surface area (TPSA) is 404 Å². The molecule has 2 aliphatic rings.